The van der Waals surface area contributed by atoms with Crippen LogP contribution in [-0.2, 0) is 9.47 Å². The van der Waals surface area contributed by atoms with E-state index in [1.54, 1.807) is 36.4 Å². The molecule has 0 aliphatic carbocycles. The fourth-order valence-electron chi connectivity index (χ4n) is 3.93. The zero-order chi connectivity index (χ0) is 22.6. The van der Waals surface area contributed by atoms with Crippen molar-refractivity contribution in [3.63, 3.8) is 0 Å². The molecule has 0 amide bonds. The number of esters is 2. The van der Waals surface area contributed by atoms with E-state index in [0.717, 1.165) is 0 Å². The first-order valence-corrected chi connectivity index (χ1v) is 9.67. The molecular weight excluding hydrogens is 412 g/mol. The van der Waals surface area contributed by atoms with Crippen molar-refractivity contribution in [3.05, 3.63) is 80.1 Å². The number of carbonyl (C=O) groups is 2. The lowest BCUT2D eigenvalue weighted by atomic mass is 10.0. The molecule has 8 nitrogen and oxygen atoms in total. The summed E-state index contributed by atoms with van der Waals surface area (Å²) in [4.78, 5) is 56.4. The molecule has 0 bridgehead atoms. The number of carbonyl (C=O) groups excluding carboxylic acids is 2. The number of H-pyrrole nitrogens is 2. The summed E-state index contributed by atoms with van der Waals surface area (Å²) in [6, 6.07) is 12.6. The molecule has 0 atom stereocenters. The maximum Gasteiger partial charge on any atom is 0.337 e. The van der Waals surface area contributed by atoms with Crippen molar-refractivity contribution in [2.75, 3.05) is 14.2 Å². The Hall–Kier alpha value is -4.46. The molecule has 5 rings (SSSR count). The molecule has 0 aliphatic rings. The van der Waals surface area contributed by atoms with Gasteiger partial charge in [-0.2, -0.15) is 0 Å². The van der Waals surface area contributed by atoms with Gasteiger partial charge in [0.05, 0.1) is 36.4 Å². The average molecular weight is 428 g/mol. The number of benzene rings is 3. The Morgan fingerprint density at radius 3 is 1.34 bits per heavy atom. The minimum absolute atomic E-state index is 0.270. The molecule has 0 saturated heterocycles. The van der Waals surface area contributed by atoms with Crippen LogP contribution in [0.1, 0.15) is 20.7 Å². The van der Waals surface area contributed by atoms with Crippen LogP contribution < -0.4 is 10.9 Å². The third-order valence-electron chi connectivity index (χ3n) is 5.56. The quantitative estimate of drug-likeness (QED) is 0.329. The first-order valence-electron chi connectivity index (χ1n) is 9.67. The second-order valence-electron chi connectivity index (χ2n) is 7.36. The molecule has 0 aliphatic heterocycles. The predicted octanol–water partition coefficient (Wildman–Crippen LogP) is 3.25. The molecule has 3 aromatic carbocycles. The molecule has 158 valence electrons. The molecule has 2 N–H and O–H groups in total. The maximum atomic E-state index is 13.2. The van der Waals surface area contributed by atoms with Gasteiger partial charge in [0, 0.05) is 32.6 Å². The van der Waals surface area contributed by atoms with E-state index in [1.165, 1.54) is 26.4 Å². The van der Waals surface area contributed by atoms with Gasteiger partial charge in [-0.25, -0.2) is 9.59 Å². The third-order valence-corrected chi connectivity index (χ3v) is 5.56. The van der Waals surface area contributed by atoms with Gasteiger partial charge in [-0.1, -0.05) is 0 Å². The van der Waals surface area contributed by atoms with Crippen LogP contribution in [0.3, 0.4) is 0 Å². The van der Waals surface area contributed by atoms with E-state index in [9.17, 15) is 19.2 Å². The number of hydrogen-bond acceptors (Lipinski definition) is 6. The topological polar surface area (TPSA) is 118 Å². The molecule has 0 saturated carbocycles. The summed E-state index contributed by atoms with van der Waals surface area (Å²) in [5.41, 5.74) is 2.01. The first kappa shape index (κ1) is 19.5. The number of hydrogen-bond donors (Lipinski definition) is 2. The largest absolute Gasteiger partial charge is 0.465 e. The fourth-order valence-corrected chi connectivity index (χ4v) is 3.93. The van der Waals surface area contributed by atoms with Crippen LogP contribution in [0.4, 0.5) is 0 Å². The zero-order valence-corrected chi connectivity index (χ0v) is 17.1. The second kappa shape index (κ2) is 7.05. The summed E-state index contributed by atoms with van der Waals surface area (Å²) < 4.78 is 9.47. The van der Waals surface area contributed by atoms with Crippen molar-refractivity contribution in [2.24, 2.45) is 0 Å². The highest BCUT2D eigenvalue weighted by molar-refractivity contribution is 6.04. The Labute approximate surface area is 179 Å². The van der Waals surface area contributed by atoms with Crippen molar-refractivity contribution < 1.29 is 19.1 Å². The molecule has 2 aromatic heterocycles. The molecule has 32 heavy (non-hydrogen) atoms. The highest BCUT2D eigenvalue weighted by atomic mass is 16.5. The summed E-state index contributed by atoms with van der Waals surface area (Å²) in [5.74, 6) is -1.07. The lowest BCUT2D eigenvalue weighted by Gasteiger charge is -2.08. The zero-order valence-electron chi connectivity index (χ0n) is 17.1. The molecule has 0 unspecified atom stereocenters. The van der Waals surface area contributed by atoms with E-state index in [1.807, 2.05) is 0 Å². The third kappa shape index (κ3) is 2.84. The van der Waals surface area contributed by atoms with Crippen molar-refractivity contribution in [1.29, 1.82) is 0 Å². The summed E-state index contributed by atoms with van der Waals surface area (Å²) in [7, 11) is 2.55. The van der Waals surface area contributed by atoms with Gasteiger partial charge in [-0.05, 0) is 48.5 Å². The van der Waals surface area contributed by atoms with Gasteiger partial charge in [0.25, 0.3) is 0 Å². The highest BCUT2D eigenvalue weighted by Gasteiger charge is 2.14. The van der Waals surface area contributed by atoms with Crippen LogP contribution >= 0.6 is 0 Å². The average Bonchev–Trinajstić information content (AvgIpc) is 2.82. The van der Waals surface area contributed by atoms with Gasteiger partial charge < -0.3 is 19.4 Å². The molecule has 0 fully saturated rings. The molecule has 5 aromatic rings. The molecular formula is C24H16N2O6. The normalized spacial score (nSPS) is 11.3. The Bertz CT molecular complexity index is 1600. The van der Waals surface area contributed by atoms with E-state index in [2.05, 4.69) is 9.97 Å². The van der Waals surface area contributed by atoms with Crippen molar-refractivity contribution >= 4 is 55.6 Å². The van der Waals surface area contributed by atoms with Gasteiger partial charge in [0.15, 0.2) is 10.9 Å². The number of ether oxygens (including phenoxy) is 2. The number of fused-ring (bicyclic) bond motifs is 4. The lowest BCUT2D eigenvalue weighted by Crippen LogP contribution is -2.10. The molecule has 0 radical (unpaired) electrons. The Balaban J connectivity index is 1.83. The van der Waals surface area contributed by atoms with E-state index < -0.39 is 11.9 Å². The Kier molecular flexibility index (Phi) is 4.30. The minimum Gasteiger partial charge on any atom is -0.465 e. The maximum absolute atomic E-state index is 13.2. The van der Waals surface area contributed by atoms with E-state index in [-0.39, 0.29) is 22.0 Å². The van der Waals surface area contributed by atoms with E-state index >= 15 is 0 Å². The predicted molar refractivity (Wildman–Crippen MR) is 120 cm³/mol. The first-order chi connectivity index (χ1) is 15.4. The molecule has 2 heterocycles. The van der Waals surface area contributed by atoms with Crippen LogP contribution in [0.2, 0.25) is 0 Å². The number of rotatable bonds is 2. The van der Waals surface area contributed by atoms with Gasteiger partial charge >= 0.3 is 11.9 Å². The number of aromatic amines is 2. The second-order valence-corrected chi connectivity index (χ2v) is 7.36. The molecule has 0 spiro atoms. The van der Waals surface area contributed by atoms with Crippen molar-refractivity contribution in [1.82, 2.24) is 9.97 Å². The van der Waals surface area contributed by atoms with Crippen LogP contribution in [-0.4, -0.2) is 36.1 Å². The van der Waals surface area contributed by atoms with Gasteiger partial charge in [0.2, 0.25) is 0 Å². The summed E-state index contributed by atoms with van der Waals surface area (Å²) in [6.45, 7) is 0. The number of methoxy groups -OCH3 is 2. The monoisotopic (exact) mass is 428 g/mol. The van der Waals surface area contributed by atoms with Gasteiger partial charge in [-0.15, -0.1) is 0 Å². The van der Waals surface area contributed by atoms with Crippen molar-refractivity contribution in [2.45, 2.75) is 0 Å². The van der Waals surface area contributed by atoms with E-state index in [0.29, 0.717) is 43.6 Å². The van der Waals surface area contributed by atoms with E-state index in [4.69, 9.17) is 9.47 Å². The summed E-state index contributed by atoms with van der Waals surface area (Å²) in [5, 5.41) is 1.41. The number of pyridine rings is 2. The molecule has 8 heteroatoms. The summed E-state index contributed by atoms with van der Waals surface area (Å²) >= 11 is 0. The number of aromatic nitrogens is 2. The summed E-state index contributed by atoms with van der Waals surface area (Å²) in [6.07, 6.45) is 0. The standard InChI is InChI=1S/C24H16N2O6/c1-31-23(29)11-3-5-17-13(7-11)21(27)15-9-20-16(10-19(15)25-17)22(28)14-8-12(24(30)32-2)4-6-18(14)26-20/h3-10H,1-2H3,(H,25,27)(H,26,28). The fraction of sp³-hybridized carbons (Fsp3) is 0.0833. The Morgan fingerprint density at radius 1 is 0.594 bits per heavy atom. The Morgan fingerprint density at radius 2 is 0.969 bits per heavy atom. The minimum atomic E-state index is -0.535. The van der Waals surface area contributed by atoms with Crippen LogP contribution in [0, 0.1) is 0 Å². The lowest BCUT2D eigenvalue weighted by molar-refractivity contribution is 0.0592. The van der Waals surface area contributed by atoms with Crippen LogP contribution in [0.5, 0.6) is 0 Å². The van der Waals surface area contributed by atoms with Crippen LogP contribution in [0.25, 0.3) is 43.6 Å². The number of nitrogens with one attached hydrogen (secondary N) is 2. The van der Waals surface area contributed by atoms with Crippen molar-refractivity contribution in [3.8, 4) is 0 Å². The smallest absolute Gasteiger partial charge is 0.337 e. The van der Waals surface area contributed by atoms with Crippen LogP contribution in [0.15, 0.2) is 58.1 Å². The highest BCUT2D eigenvalue weighted by Crippen LogP contribution is 2.23. The van der Waals surface area contributed by atoms with Gasteiger partial charge in [0.1, 0.15) is 0 Å². The van der Waals surface area contributed by atoms with Gasteiger partial charge in [-0.3, -0.25) is 9.59 Å². The SMILES string of the molecule is COC(=O)c1ccc2[nH]c3cc4c(=O)c5cc(C(=O)OC)ccc5[nH]c4cc3c(=O)c2c1.